The summed E-state index contributed by atoms with van der Waals surface area (Å²) in [6.07, 6.45) is -3.55. The van der Waals surface area contributed by atoms with Gasteiger partial charge in [-0.1, -0.05) is 6.92 Å². The fraction of sp³-hybridized carbons (Fsp3) is 0.462. The summed E-state index contributed by atoms with van der Waals surface area (Å²) in [5.41, 5.74) is 1.59. The summed E-state index contributed by atoms with van der Waals surface area (Å²) in [4.78, 5) is 0. The Morgan fingerprint density at radius 2 is 2.10 bits per heavy atom. The number of aryl methyl sites for hydroxylation is 2. The van der Waals surface area contributed by atoms with Crippen LogP contribution < -0.4 is 0 Å². The molecule has 2 heterocycles. The minimum atomic E-state index is -4.66. The third-order valence-electron chi connectivity index (χ3n) is 3.23. The SMILES string of the molecule is CCc1nn(C)c(Cn2ccc(C(O)C(F)(F)F)c2)c1Br. The maximum atomic E-state index is 12.5. The number of aromatic nitrogens is 3. The van der Waals surface area contributed by atoms with E-state index in [1.807, 2.05) is 6.92 Å². The van der Waals surface area contributed by atoms with Crippen molar-refractivity contribution < 1.29 is 18.3 Å². The second-order valence-electron chi connectivity index (χ2n) is 4.75. The molecule has 0 amide bonds. The van der Waals surface area contributed by atoms with Gasteiger partial charge in [-0.25, -0.2) is 0 Å². The fourth-order valence-corrected chi connectivity index (χ4v) is 2.81. The number of alkyl halides is 3. The molecule has 1 atom stereocenters. The number of rotatable bonds is 4. The van der Waals surface area contributed by atoms with Crippen molar-refractivity contribution in [3.63, 3.8) is 0 Å². The fourth-order valence-electron chi connectivity index (χ4n) is 2.07. The Bertz CT molecular complexity index is 633. The van der Waals surface area contributed by atoms with Gasteiger partial charge in [-0.15, -0.1) is 0 Å². The molecule has 4 nitrogen and oxygen atoms in total. The van der Waals surface area contributed by atoms with Crippen LogP contribution >= 0.6 is 15.9 Å². The van der Waals surface area contributed by atoms with Crippen LogP contribution in [-0.2, 0) is 20.0 Å². The first-order chi connectivity index (χ1) is 9.74. The predicted octanol–water partition coefficient (Wildman–Crippen LogP) is 3.19. The molecule has 0 saturated carbocycles. The summed E-state index contributed by atoms with van der Waals surface area (Å²) < 4.78 is 41.5. The second kappa shape index (κ2) is 5.84. The average molecular weight is 366 g/mol. The number of aliphatic hydroxyl groups is 1. The molecule has 0 radical (unpaired) electrons. The molecule has 21 heavy (non-hydrogen) atoms. The molecule has 0 saturated heterocycles. The lowest BCUT2D eigenvalue weighted by atomic mass is 10.2. The van der Waals surface area contributed by atoms with Gasteiger partial charge in [0.25, 0.3) is 0 Å². The second-order valence-corrected chi connectivity index (χ2v) is 5.54. The Labute approximate surface area is 128 Å². The first-order valence-corrected chi connectivity index (χ1v) is 7.14. The molecule has 8 heteroatoms. The maximum absolute atomic E-state index is 12.5. The molecule has 2 aromatic heterocycles. The van der Waals surface area contributed by atoms with E-state index in [4.69, 9.17) is 0 Å². The number of aliphatic hydroxyl groups excluding tert-OH is 1. The van der Waals surface area contributed by atoms with E-state index in [9.17, 15) is 18.3 Å². The van der Waals surface area contributed by atoms with Crippen LogP contribution in [0.15, 0.2) is 22.9 Å². The van der Waals surface area contributed by atoms with Gasteiger partial charge in [0.05, 0.1) is 22.4 Å². The Kier molecular flexibility index (Phi) is 4.48. The Morgan fingerprint density at radius 1 is 1.43 bits per heavy atom. The lowest BCUT2D eigenvalue weighted by molar-refractivity contribution is -0.206. The summed E-state index contributed by atoms with van der Waals surface area (Å²) in [6.45, 7) is 2.35. The molecule has 0 aromatic carbocycles. The van der Waals surface area contributed by atoms with Crippen molar-refractivity contribution in [3.8, 4) is 0 Å². The number of hydrogen-bond donors (Lipinski definition) is 1. The van der Waals surface area contributed by atoms with E-state index in [0.29, 0.717) is 6.54 Å². The molecule has 0 fully saturated rings. The van der Waals surface area contributed by atoms with E-state index in [-0.39, 0.29) is 5.56 Å². The van der Waals surface area contributed by atoms with Crippen LogP contribution in [0.2, 0.25) is 0 Å². The van der Waals surface area contributed by atoms with E-state index in [0.717, 1.165) is 22.3 Å². The quantitative estimate of drug-likeness (QED) is 0.903. The number of nitrogens with zero attached hydrogens (tertiary/aromatic N) is 3. The van der Waals surface area contributed by atoms with Crippen LogP contribution in [0, 0.1) is 0 Å². The molecular weight excluding hydrogens is 351 g/mol. The van der Waals surface area contributed by atoms with E-state index in [2.05, 4.69) is 21.0 Å². The van der Waals surface area contributed by atoms with Crippen LogP contribution in [0.25, 0.3) is 0 Å². The minimum absolute atomic E-state index is 0.170. The standard InChI is InChI=1S/C13H15BrF3N3O/c1-3-9-11(14)10(19(2)18-9)7-20-5-4-8(6-20)12(21)13(15,16)17/h4-6,12,21H,3,7H2,1-2H3. The van der Waals surface area contributed by atoms with Crippen LogP contribution in [-0.4, -0.2) is 25.6 Å². The van der Waals surface area contributed by atoms with Crippen molar-refractivity contribution in [1.29, 1.82) is 0 Å². The molecule has 116 valence electrons. The van der Waals surface area contributed by atoms with Gasteiger partial charge in [0.2, 0.25) is 0 Å². The van der Waals surface area contributed by atoms with Crippen molar-refractivity contribution in [2.24, 2.45) is 7.05 Å². The molecule has 0 spiro atoms. The van der Waals surface area contributed by atoms with Gasteiger partial charge in [-0.3, -0.25) is 4.68 Å². The molecule has 0 aliphatic carbocycles. The van der Waals surface area contributed by atoms with Gasteiger partial charge < -0.3 is 9.67 Å². The lowest BCUT2D eigenvalue weighted by Crippen LogP contribution is -2.19. The summed E-state index contributed by atoms with van der Waals surface area (Å²) >= 11 is 3.46. The first-order valence-electron chi connectivity index (χ1n) is 6.34. The third kappa shape index (κ3) is 3.32. The molecule has 0 aliphatic rings. The molecule has 1 N–H and O–H groups in total. The molecular formula is C13H15BrF3N3O. The summed E-state index contributed by atoms with van der Waals surface area (Å²) in [5, 5.41) is 13.6. The lowest BCUT2D eigenvalue weighted by Gasteiger charge is -2.12. The van der Waals surface area contributed by atoms with Crippen molar-refractivity contribution in [2.75, 3.05) is 0 Å². The zero-order valence-corrected chi connectivity index (χ0v) is 13.1. The van der Waals surface area contributed by atoms with Crippen LogP contribution in [0.3, 0.4) is 0 Å². The normalized spacial score (nSPS) is 13.7. The monoisotopic (exact) mass is 365 g/mol. The maximum Gasteiger partial charge on any atom is 0.418 e. The van der Waals surface area contributed by atoms with Crippen molar-refractivity contribution in [1.82, 2.24) is 14.3 Å². The zero-order chi connectivity index (χ0) is 15.8. The molecule has 2 rings (SSSR count). The Morgan fingerprint density at radius 3 is 2.62 bits per heavy atom. The summed E-state index contributed by atoms with van der Waals surface area (Å²) in [6, 6.07) is 1.27. The van der Waals surface area contributed by atoms with Crippen molar-refractivity contribution in [3.05, 3.63) is 39.9 Å². The summed E-state index contributed by atoms with van der Waals surface area (Å²) in [7, 11) is 1.79. The highest BCUT2D eigenvalue weighted by atomic mass is 79.9. The van der Waals surface area contributed by atoms with Crippen LogP contribution in [0.4, 0.5) is 13.2 Å². The van der Waals surface area contributed by atoms with Gasteiger partial charge >= 0.3 is 6.18 Å². The van der Waals surface area contributed by atoms with Crippen LogP contribution in [0.5, 0.6) is 0 Å². The van der Waals surface area contributed by atoms with E-state index in [1.165, 1.54) is 18.5 Å². The molecule has 2 aromatic rings. The van der Waals surface area contributed by atoms with E-state index in [1.54, 1.807) is 16.3 Å². The largest absolute Gasteiger partial charge is 0.418 e. The number of hydrogen-bond acceptors (Lipinski definition) is 2. The van der Waals surface area contributed by atoms with Gasteiger partial charge in [0.15, 0.2) is 6.10 Å². The highest BCUT2D eigenvalue weighted by Gasteiger charge is 2.39. The topological polar surface area (TPSA) is 43.0 Å². The van der Waals surface area contributed by atoms with Gasteiger partial charge in [-0.2, -0.15) is 18.3 Å². The van der Waals surface area contributed by atoms with E-state index < -0.39 is 12.3 Å². The van der Waals surface area contributed by atoms with E-state index >= 15 is 0 Å². The Balaban J connectivity index is 2.22. The molecule has 1 unspecified atom stereocenters. The highest BCUT2D eigenvalue weighted by Crippen LogP contribution is 2.32. The van der Waals surface area contributed by atoms with Crippen LogP contribution in [0.1, 0.15) is 30.0 Å². The molecule has 0 aliphatic heterocycles. The van der Waals surface area contributed by atoms with Gasteiger partial charge in [-0.05, 0) is 28.4 Å². The third-order valence-corrected chi connectivity index (χ3v) is 4.15. The highest BCUT2D eigenvalue weighted by molar-refractivity contribution is 9.10. The van der Waals surface area contributed by atoms with Gasteiger partial charge in [0, 0.05) is 25.0 Å². The Hall–Kier alpha value is -1.28. The first kappa shape index (κ1) is 16.1. The zero-order valence-electron chi connectivity index (χ0n) is 11.5. The van der Waals surface area contributed by atoms with Crippen molar-refractivity contribution >= 4 is 15.9 Å². The van der Waals surface area contributed by atoms with Crippen molar-refractivity contribution in [2.45, 2.75) is 32.2 Å². The smallest absolute Gasteiger partial charge is 0.379 e. The average Bonchev–Trinajstić information content (AvgIpc) is 2.96. The van der Waals surface area contributed by atoms with Gasteiger partial charge in [0.1, 0.15) is 0 Å². The predicted molar refractivity (Wildman–Crippen MR) is 74.8 cm³/mol. The molecule has 0 bridgehead atoms. The minimum Gasteiger partial charge on any atom is -0.379 e. The summed E-state index contributed by atoms with van der Waals surface area (Å²) in [5.74, 6) is 0. The number of halogens is 4.